The Labute approximate surface area is 160 Å². The third kappa shape index (κ3) is 3.43. The normalized spacial score (nSPS) is 14.6. The van der Waals surface area contributed by atoms with Gasteiger partial charge in [0, 0.05) is 29.6 Å². The van der Waals surface area contributed by atoms with Crippen LogP contribution in [0.1, 0.15) is 31.2 Å². The molecule has 0 spiro atoms. The van der Waals surface area contributed by atoms with Gasteiger partial charge in [0.25, 0.3) is 5.56 Å². The van der Waals surface area contributed by atoms with Gasteiger partial charge >= 0.3 is 0 Å². The second-order valence-electron chi connectivity index (χ2n) is 7.07. The van der Waals surface area contributed by atoms with E-state index in [1.54, 1.807) is 18.3 Å². The fourth-order valence-electron chi connectivity index (χ4n) is 3.76. The molecule has 4 rings (SSSR count). The standard InChI is InChI=1S/C20H21FN4O3/c21-14-7-5-13(6-8-14)18-16(12-26)19-20(28)24(9-10-25(19)23-18)11-17(27)22-15-3-1-2-4-15/h5-10,15,26H,1-4,11-12H2,(H,22,27). The Hall–Kier alpha value is -3.00. The van der Waals surface area contributed by atoms with Gasteiger partial charge in [-0.3, -0.25) is 9.59 Å². The van der Waals surface area contributed by atoms with Crippen molar-refractivity contribution in [2.75, 3.05) is 0 Å². The summed E-state index contributed by atoms with van der Waals surface area (Å²) in [6.45, 7) is -0.489. The molecule has 0 bridgehead atoms. The van der Waals surface area contributed by atoms with E-state index < -0.39 is 12.2 Å². The monoisotopic (exact) mass is 384 g/mol. The Morgan fingerprint density at radius 2 is 1.93 bits per heavy atom. The van der Waals surface area contributed by atoms with E-state index in [1.165, 1.54) is 27.4 Å². The maximum atomic E-state index is 13.2. The highest BCUT2D eigenvalue weighted by Crippen LogP contribution is 2.25. The second kappa shape index (κ2) is 7.55. The zero-order chi connectivity index (χ0) is 19.7. The highest BCUT2D eigenvalue weighted by Gasteiger charge is 2.20. The van der Waals surface area contributed by atoms with Gasteiger partial charge in [-0.15, -0.1) is 0 Å². The molecule has 2 aromatic heterocycles. The first-order valence-electron chi connectivity index (χ1n) is 9.33. The minimum absolute atomic E-state index is 0.0895. The summed E-state index contributed by atoms with van der Waals surface area (Å²) in [5, 5.41) is 17.2. The van der Waals surface area contributed by atoms with Crippen molar-refractivity contribution >= 4 is 11.4 Å². The van der Waals surface area contributed by atoms with Crippen molar-refractivity contribution in [2.24, 2.45) is 0 Å². The van der Waals surface area contributed by atoms with E-state index in [0.717, 1.165) is 25.7 Å². The number of aromatic nitrogens is 3. The molecule has 2 N–H and O–H groups in total. The molecule has 146 valence electrons. The molecule has 1 amide bonds. The van der Waals surface area contributed by atoms with Crippen LogP contribution in [0.5, 0.6) is 0 Å². The Balaban J connectivity index is 1.69. The Kier molecular flexibility index (Phi) is 4.95. The second-order valence-corrected chi connectivity index (χ2v) is 7.07. The van der Waals surface area contributed by atoms with Crippen molar-refractivity contribution in [3.05, 3.63) is 58.4 Å². The van der Waals surface area contributed by atoms with Crippen LogP contribution in [0.3, 0.4) is 0 Å². The van der Waals surface area contributed by atoms with Crippen molar-refractivity contribution in [3.8, 4) is 11.3 Å². The lowest BCUT2D eigenvalue weighted by Gasteiger charge is -2.12. The van der Waals surface area contributed by atoms with Crippen LogP contribution < -0.4 is 10.9 Å². The number of hydrogen-bond acceptors (Lipinski definition) is 4. The topological polar surface area (TPSA) is 88.6 Å². The maximum absolute atomic E-state index is 13.2. The Bertz CT molecular complexity index is 1070. The van der Waals surface area contributed by atoms with Gasteiger partial charge in [0.15, 0.2) is 0 Å². The first kappa shape index (κ1) is 18.4. The summed E-state index contributed by atoms with van der Waals surface area (Å²) < 4.78 is 15.9. The number of carbonyl (C=O) groups is 1. The van der Waals surface area contributed by atoms with Gasteiger partial charge < -0.3 is 15.0 Å². The van der Waals surface area contributed by atoms with Gasteiger partial charge in [-0.25, -0.2) is 8.91 Å². The molecule has 0 atom stereocenters. The number of amides is 1. The number of carbonyl (C=O) groups excluding carboxylic acids is 1. The van der Waals surface area contributed by atoms with E-state index in [2.05, 4.69) is 10.4 Å². The number of rotatable bonds is 5. The van der Waals surface area contributed by atoms with Crippen molar-refractivity contribution < 1.29 is 14.3 Å². The average Bonchev–Trinajstić information content (AvgIpc) is 3.32. The molecule has 28 heavy (non-hydrogen) atoms. The van der Waals surface area contributed by atoms with Crippen LogP contribution in [-0.4, -0.2) is 31.2 Å². The number of nitrogens with one attached hydrogen (secondary N) is 1. The quantitative estimate of drug-likeness (QED) is 0.703. The van der Waals surface area contributed by atoms with Crippen LogP contribution >= 0.6 is 0 Å². The lowest BCUT2D eigenvalue weighted by Crippen LogP contribution is -2.37. The van der Waals surface area contributed by atoms with E-state index in [1.807, 2.05) is 0 Å². The van der Waals surface area contributed by atoms with E-state index in [4.69, 9.17) is 0 Å². The van der Waals surface area contributed by atoms with Crippen molar-refractivity contribution in [1.82, 2.24) is 19.5 Å². The molecular formula is C20H21FN4O3. The predicted octanol–water partition coefficient (Wildman–Crippen LogP) is 1.85. The number of aliphatic hydroxyl groups is 1. The third-order valence-electron chi connectivity index (χ3n) is 5.17. The number of halogens is 1. The van der Waals surface area contributed by atoms with E-state index >= 15 is 0 Å². The van der Waals surface area contributed by atoms with Gasteiger partial charge in [-0.05, 0) is 37.1 Å². The minimum atomic E-state index is -0.408. The number of benzene rings is 1. The van der Waals surface area contributed by atoms with E-state index in [0.29, 0.717) is 16.8 Å². The molecule has 1 fully saturated rings. The number of fused-ring (bicyclic) bond motifs is 1. The molecule has 1 aliphatic rings. The summed E-state index contributed by atoms with van der Waals surface area (Å²) in [4.78, 5) is 25.2. The average molecular weight is 384 g/mol. The first-order chi connectivity index (χ1) is 13.6. The Morgan fingerprint density at radius 3 is 2.61 bits per heavy atom. The lowest BCUT2D eigenvalue weighted by molar-refractivity contribution is -0.122. The van der Waals surface area contributed by atoms with Crippen LogP contribution in [0.4, 0.5) is 4.39 Å². The molecular weight excluding hydrogens is 363 g/mol. The van der Waals surface area contributed by atoms with Crippen LogP contribution in [0.2, 0.25) is 0 Å². The molecule has 0 radical (unpaired) electrons. The number of aliphatic hydroxyl groups excluding tert-OH is 1. The number of hydrogen-bond donors (Lipinski definition) is 2. The van der Waals surface area contributed by atoms with Gasteiger partial charge in [0.1, 0.15) is 17.9 Å². The molecule has 1 saturated carbocycles. The summed E-state index contributed by atoms with van der Waals surface area (Å²) in [7, 11) is 0. The van der Waals surface area contributed by atoms with E-state index in [9.17, 15) is 19.1 Å². The number of nitrogens with zero attached hydrogens (tertiary/aromatic N) is 3. The summed E-state index contributed by atoms with van der Waals surface area (Å²) in [6, 6.07) is 5.87. The van der Waals surface area contributed by atoms with Crippen LogP contribution in [0, 0.1) is 5.82 Å². The van der Waals surface area contributed by atoms with Gasteiger partial charge in [-0.2, -0.15) is 5.10 Å². The SMILES string of the molecule is O=C(Cn1ccn2nc(-c3ccc(F)cc3)c(CO)c2c1=O)NC1CCCC1. The summed E-state index contributed by atoms with van der Waals surface area (Å²) >= 11 is 0. The van der Waals surface area contributed by atoms with Crippen molar-refractivity contribution in [2.45, 2.75) is 44.9 Å². The summed E-state index contributed by atoms with van der Waals surface area (Å²) in [5.41, 5.74) is 1.15. The maximum Gasteiger partial charge on any atom is 0.277 e. The molecule has 0 saturated heterocycles. The first-order valence-corrected chi connectivity index (χ1v) is 9.33. The Morgan fingerprint density at radius 1 is 1.21 bits per heavy atom. The van der Waals surface area contributed by atoms with Crippen LogP contribution in [0.15, 0.2) is 41.5 Å². The summed E-state index contributed by atoms with van der Waals surface area (Å²) in [6.07, 6.45) is 7.24. The molecule has 0 aliphatic heterocycles. The van der Waals surface area contributed by atoms with Gasteiger partial charge in [-0.1, -0.05) is 12.8 Å². The predicted molar refractivity (Wildman–Crippen MR) is 101 cm³/mol. The van der Waals surface area contributed by atoms with Crippen molar-refractivity contribution in [1.29, 1.82) is 0 Å². The van der Waals surface area contributed by atoms with Crippen LogP contribution in [-0.2, 0) is 17.9 Å². The van der Waals surface area contributed by atoms with Crippen molar-refractivity contribution in [3.63, 3.8) is 0 Å². The fourth-order valence-corrected chi connectivity index (χ4v) is 3.76. The molecule has 1 aliphatic carbocycles. The fraction of sp³-hybridized carbons (Fsp3) is 0.350. The third-order valence-corrected chi connectivity index (χ3v) is 5.17. The smallest absolute Gasteiger partial charge is 0.277 e. The van der Waals surface area contributed by atoms with Gasteiger partial charge in [0.2, 0.25) is 5.91 Å². The largest absolute Gasteiger partial charge is 0.392 e. The van der Waals surface area contributed by atoms with E-state index in [-0.39, 0.29) is 29.8 Å². The molecule has 0 unspecified atom stereocenters. The molecule has 2 heterocycles. The zero-order valence-corrected chi connectivity index (χ0v) is 15.3. The lowest BCUT2D eigenvalue weighted by atomic mass is 10.1. The van der Waals surface area contributed by atoms with Gasteiger partial charge in [0.05, 0.1) is 12.3 Å². The highest BCUT2D eigenvalue weighted by atomic mass is 19.1. The minimum Gasteiger partial charge on any atom is -0.392 e. The molecule has 7 nitrogen and oxygen atoms in total. The molecule has 8 heteroatoms. The summed E-state index contributed by atoms with van der Waals surface area (Å²) in [5.74, 6) is -0.587. The molecule has 1 aromatic carbocycles. The van der Waals surface area contributed by atoms with Crippen LogP contribution in [0.25, 0.3) is 16.8 Å². The zero-order valence-electron chi connectivity index (χ0n) is 15.3. The molecule has 3 aromatic rings. The highest BCUT2D eigenvalue weighted by molar-refractivity contribution is 5.76.